The molecule has 0 unspecified atom stereocenters. The third-order valence-corrected chi connectivity index (χ3v) is 2.95. The van der Waals surface area contributed by atoms with E-state index in [0.29, 0.717) is 0 Å². The molecule has 4 nitrogen and oxygen atoms in total. The summed E-state index contributed by atoms with van der Waals surface area (Å²) in [5.74, 6) is 1.68. The molecule has 5 heteroatoms. The van der Waals surface area contributed by atoms with E-state index in [4.69, 9.17) is 4.74 Å². The molecule has 0 radical (unpaired) electrons. The van der Waals surface area contributed by atoms with Gasteiger partial charge in [-0.25, -0.2) is 9.97 Å². The smallest absolute Gasteiger partial charge is 0.147 e. The molecule has 0 amide bonds. The Bertz CT molecular complexity index is 514. The highest BCUT2D eigenvalue weighted by molar-refractivity contribution is 14.1. The molecule has 2 rings (SSSR count). The lowest BCUT2D eigenvalue weighted by Crippen LogP contribution is -2.05. The average Bonchev–Trinajstić information content (AvgIpc) is 2.34. The Morgan fingerprint density at radius 3 is 2.56 bits per heavy atom. The van der Waals surface area contributed by atoms with Crippen molar-refractivity contribution in [2.45, 2.75) is 20.0 Å². The standard InChI is InChI=1S/C13H14IN3O/c1-9(2)18-11-5-3-10(4-6-11)17-13-12(14)7-15-8-16-13/h3-9H,1-2H3,(H,15,16,17). The van der Waals surface area contributed by atoms with E-state index >= 15 is 0 Å². The van der Waals surface area contributed by atoms with Crippen molar-refractivity contribution in [3.8, 4) is 5.75 Å². The Morgan fingerprint density at radius 2 is 1.94 bits per heavy atom. The molecular weight excluding hydrogens is 341 g/mol. The second-order valence-corrected chi connectivity index (χ2v) is 5.20. The Labute approximate surface area is 120 Å². The van der Waals surface area contributed by atoms with Crippen molar-refractivity contribution < 1.29 is 4.74 Å². The van der Waals surface area contributed by atoms with Crippen LogP contribution >= 0.6 is 22.6 Å². The van der Waals surface area contributed by atoms with E-state index < -0.39 is 0 Å². The molecule has 0 saturated heterocycles. The number of hydrogen-bond acceptors (Lipinski definition) is 4. The van der Waals surface area contributed by atoms with Crippen LogP contribution in [0.4, 0.5) is 11.5 Å². The molecule has 2 aromatic rings. The van der Waals surface area contributed by atoms with Gasteiger partial charge in [0.2, 0.25) is 0 Å². The number of ether oxygens (including phenoxy) is 1. The van der Waals surface area contributed by atoms with Crippen LogP contribution in [0.15, 0.2) is 36.8 Å². The van der Waals surface area contributed by atoms with Crippen molar-refractivity contribution in [1.82, 2.24) is 9.97 Å². The molecule has 94 valence electrons. The van der Waals surface area contributed by atoms with Gasteiger partial charge < -0.3 is 10.1 Å². The van der Waals surface area contributed by atoms with Gasteiger partial charge in [-0.2, -0.15) is 0 Å². The number of anilines is 2. The van der Waals surface area contributed by atoms with E-state index in [0.717, 1.165) is 20.8 Å². The lowest BCUT2D eigenvalue weighted by molar-refractivity contribution is 0.242. The summed E-state index contributed by atoms with van der Waals surface area (Å²) in [5.41, 5.74) is 0.975. The minimum atomic E-state index is 0.187. The van der Waals surface area contributed by atoms with Crippen LogP contribution in [0.3, 0.4) is 0 Å². The predicted octanol–water partition coefficient (Wildman–Crippen LogP) is 3.61. The molecule has 0 spiro atoms. The van der Waals surface area contributed by atoms with E-state index in [9.17, 15) is 0 Å². The van der Waals surface area contributed by atoms with Gasteiger partial charge in [-0.1, -0.05) is 0 Å². The van der Waals surface area contributed by atoms with Crippen molar-refractivity contribution in [2.24, 2.45) is 0 Å². The summed E-state index contributed by atoms with van der Waals surface area (Å²) >= 11 is 2.20. The second-order valence-electron chi connectivity index (χ2n) is 4.04. The SMILES string of the molecule is CC(C)Oc1ccc(Nc2ncncc2I)cc1. The van der Waals surface area contributed by atoms with Gasteiger partial charge >= 0.3 is 0 Å². The van der Waals surface area contributed by atoms with Crippen LogP contribution in [0.5, 0.6) is 5.75 Å². The molecule has 0 atom stereocenters. The highest BCUT2D eigenvalue weighted by atomic mass is 127. The third-order valence-electron chi connectivity index (χ3n) is 2.16. The summed E-state index contributed by atoms with van der Waals surface area (Å²) < 4.78 is 6.57. The first-order chi connectivity index (χ1) is 8.65. The van der Waals surface area contributed by atoms with Crippen molar-refractivity contribution in [1.29, 1.82) is 0 Å². The van der Waals surface area contributed by atoms with Gasteiger partial charge in [0.1, 0.15) is 17.9 Å². The van der Waals surface area contributed by atoms with Crippen LogP contribution in [-0.2, 0) is 0 Å². The lowest BCUT2D eigenvalue weighted by Gasteiger charge is -2.11. The Kier molecular flexibility index (Phi) is 4.35. The maximum atomic E-state index is 5.59. The van der Waals surface area contributed by atoms with E-state index in [-0.39, 0.29) is 6.10 Å². The van der Waals surface area contributed by atoms with E-state index in [1.54, 1.807) is 6.20 Å². The Balaban J connectivity index is 2.09. The first-order valence-electron chi connectivity index (χ1n) is 5.64. The molecule has 0 saturated carbocycles. The number of hydrogen-bond donors (Lipinski definition) is 1. The van der Waals surface area contributed by atoms with Gasteiger partial charge in [0.25, 0.3) is 0 Å². The van der Waals surface area contributed by atoms with Crippen molar-refractivity contribution in [3.05, 3.63) is 40.4 Å². The fourth-order valence-corrected chi connectivity index (χ4v) is 1.87. The average molecular weight is 355 g/mol. The molecule has 1 aromatic heterocycles. The molecule has 1 heterocycles. The normalized spacial score (nSPS) is 10.4. The third kappa shape index (κ3) is 3.56. The minimum absolute atomic E-state index is 0.187. The van der Waals surface area contributed by atoms with E-state index in [1.807, 2.05) is 38.1 Å². The van der Waals surface area contributed by atoms with Crippen LogP contribution in [0.2, 0.25) is 0 Å². The molecule has 1 N–H and O–H groups in total. The molecule has 0 fully saturated rings. The molecule has 0 aliphatic rings. The van der Waals surface area contributed by atoms with Gasteiger partial charge in [0.05, 0.1) is 9.67 Å². The molecule has 0 bridgehead atoms. The Hall–Kier alpha value is -1.37. The second kappa shape index (κ2) is 5.99. The number of nitrogens with one attached hydrogen (secondary N) is 1. The minimum Gasteiger partial charge on any atom is -0.491 e. The summed E-state index contributed by atoms with van der Waals surface area (Å²) in [4.78, 5) is 8.14. The zero-order chi connectivity index (χ0) is 13.0. The van der Waals surface area contributed by atoms with Crippen LogP contribution in [0, 0.1) is 3.57 Å². The fourth-order valence-electron chi connectivity index (χ4n) is 1.43. The van der Waals surface area contributed by atoms with Gasteiger partial charge in [-0.3, -0.25) is 0 Å². The van der Waals surface area contributed by atoms with Gasteiger partial charge in [-0.05, 0) is 60.7 Å². The fraction of sp³-hybridized carbons (Fsp3) is 0.231. The zero-order valence-electron chi connectivity index (χ0n) is 10.2. The van der Waals surface area contributed by atoms with Crippen LogP contribution in [0.1, 0.15) is 13.8 Å². The highest BCUT2D eigenvalue weighted by Crippen LogP contribution is 2.21. The van der Waals surface area contributed by atoms with Gasteiger partial charge in [0.15, 0.2) is 0 Å². The zero-order valence-corrected chi connectivity index (χ0v) is 12.4. The highest BCUT2D eigenvalue weighted by Gasteiger charge is 2.02. The molecular formula is C13H14IN3O. The van der Waals surface area contributed by atoms with Crippen LogP contribution in [-0.4, -0.2) is 16.1 Å². The lowest BCUT2D eigenvalue weighted by atomic mass is 10.3. The Morgan fingerprint density at radius 1 is 1.22 bits per heavy atom. The van der Waals surface area contributed by atoms with Gasteiger partial charge in [-0.15, -0.1) is 0 Å². The number of aromatic nitrogens is 2. The van der Waals surface area contributed by atoms with Gasteiger partial charge in [0, 0.05) is 11.9 Å². The number of rotatable bonds is 4. The number of nitrogens with zero attached hydrogens (tertiary/aromatic N) is 2. The molecule has 1 aromatic carbocycles. The molecule has 0 aliphatic carbocycles. The topological polar surface area (TPSA) is 47.0 Å². The van der Waals surface area contributed by atoms with Crippen LogP contribution < -0.4 is 10.1 Å². The summed E-state index contributed by atoms with van der Waals surface area (Å²) in [6.45, 7) is 4.02. The quantitative estimate of drug-likeness (QED) is 0.852. The first-order valence-corrected chi connectivity index (χ1v) is 6.72. The number of benzene rings is 1. The molecule has 18 heavy (non-hydrogen) atoms. The van der Waals surface area contributed by atoms with E-state index in [2.05, 4.69) is 37.9 Å². The van der Waals surface area contributed by atoms with Crippen LogP contribution in [0.25, 0.3) is 0 Å². The van der Waals surface area contributed by atoms with E-state index in [1.165, 1.54) is 6.33 Å². The van der Waals surface area contributed by atoms with Crippen molar-refractivity contribution >= 4 is 34.1 Å². The maximum Gasteiger partial charge on any atom is 0.147 e. The number of halogens is 1. The monoisotopic (exact) mass is 355 g/mol. The van der Waals surface area contributed by atoms with Crippen molar-refractivity contribution in [3.63, 3.8) is 0 Å². The first kappa shape index (κ1) is 13.1. The summed E-state index contributed by atoms with van der Waals surface area (Å²) in [5, 5.41) is 3.24. The predicted molar refractivity (Wildman–Crippen MR) is 80.2 cm³/mol. The maximum absolute atomic E-state index is 5.59. The summed E-state index contributed by atoms with van der Waals surface area (Å²) in [7, 11) is 0. The molecule has 0 aliphatic heterocycles. The largest absolute Gasteiger partial charge is 0.491 e. The van der Waals surface area contributed by atoms with Crippen molar-refractivity contribution in [2.75, 3.05) is 5.32 Å². The summed E-state index contributed by atoms with van der Waals surface area (Å²) in [6, 6.07) is 7.82. The summed E-state index contributed by atoms with van der Waals surface area (Å²) in [6.07, 6.45) is 3.49.